The Morgan fingerprint density at radius 3 is 3.22 bits per heavy atom. The molecule has 3 heteroatoms. The summed E-state index contributed by atoms with van der Waals surface area (Å²) >= 11 is 0. The number of rotatable bonds is 4. The summed E-state index contributed by atoms with van der Waals surface area (Å²) in [6.07, 6.45) is 6.17. The second kappa shape index (κ2) is 5.61. The number of hydrogen-bond donors (Lipinski definition) is 2. The van der Waals surface area contributed by atoms with Crippen LogP contribution in [-0.4, -0.2) is 25.7 Å². The Labute approximate surface area is 109 Å². The van der Waals surface area contributed by atoms with E-state index in [9.17, 15) is 0 Å². The lowest BCUT2D eigenvalue weighted by atomic mass is 10.1. The third-order valence-electron chi connectivity index (χ3n) is 3.89. The van der Waals surface area contributed by atoms with Crippen molar-refractivity contribution in [3.63, 3.8) is 0 Å². The lowest BCUT2D eigenvalue weighted by molar-refractivity contribution is 0.288. The van der Waals surface area contributed by atoms with Crippen molar-refractivity contribution in [3.05, 3.63) is 23.8 Å². The summed E-state index contributed by atoms with van der Waals surface area (Å²) < 4.78 is 5.63. The molecule has 1 saturated heterocycles. The van der Waals surface area contributed by atoms with Gasteiger partial charge in [-0.15, -0.1) is 0 Å². The van der Waals surface area contributed by atoms with E-state index >= 15 is 0 Å². The molecule has 0 amide bonds. The molecule has 2 heterocycles. The van der Waals surface area contributed by atoms with Crippen molar-refractivity contribution in [3.8, 4) is 5.75 Å². The van der Waals surface area contributed by atoms with Gasteiger partial charge in [-0.25, -0.2) is 0 Å². The van der Waals surface area contributed by atoms with Crippen LogP contribution >= 0.6 is 0 Å². The highest BCUT2D eigenvalue weighted by atomic mass is 16.5. The average molecular weight is 246 g/mol. The highest BCUT2D eigenvalue weighted by Gasteiger charge is 2.13. The summed E-state index contributed by atoms with van der Waals surface area (Å²) in [4.78, 5) is 0. The van der Waals surface area contributed by atoms with E-state index in [0.29, 0.717) is 0 Å². The van der Waals surface area contributed by atoms with Gasteiger partial charge in [0.1, 0.15) is 5.75 Å². The van der Waals surface area contributed by atoms with Crippen molar-refractivity contribution < 1.29 is 4.74 Å². The normalized spacial score (nSPS) is 22.3. The van der Waals surface area contributed by atoms with Crippen molar-refractivity contribution in [1.82, 2.24) is 5.32 Å². The number of fused-ring (bicyclic) bond motifs is 1. The van der Waals surface area contributed by atoms with Crippen LogP contribution in [0.15, 0.2) is 18.2 Å². The quantitative estimate of drug-likeness (QED) is 0.856. The molecule has 0 radical (unpaired) electrons. The number of nitrogens with one attached hydrogen (secondary N) is 2. The molecule has 1 unspecified atom stereocenters. The predicted molar refractivity (Wildman–Crippen MR) is 74.4 cm³/mol. The molecule has 0 spiro atoms. The molecule has 1 fully saturated rings. The van der Waals surface area contributed by atoms with Crippen LogP contribution in [0.2, 0.25) is 0 Å². The van der Waals surface area contributed by atoms with Gasteiger partial charge in [-0.3, -0.25) is 0 Å². The van der Waals surface area contributed by atoms with Crippen molar-refractivity contribution >= 4 is 5.69 Å². The van der Waals surface area contributed by atoms with E-state index in [2.05, 4.69) is 28.8 Å². The monoisotopic (exact) mass is 246 g/mol. The Hall–Kier alpha value is -1.22. The van der Waals surface area contributed by atoms with E-state index in [1.165, 1.54) is 37.1 Å². The average Bonchev–Trinajstić information content (AvgIpc) is 2.92. The van der Waals surface area contributed by atoms with Gasteiger partial charge in [-0.1, -0.05) is 0 Å². The molecule has 1 aromatic rings. The molecule has 18 heavy (non-hydrogen) atoms. The minimum absolute atomic E-state index is 0.721. The zero-order valence-corrected chi connectivity index (χ0v) is 10.9. The van der Waals surface area contributed by atoms with Gasteiger partial charge in [0, 0.05) is 18.3 Å². The van der Waals surface area contributed by atoms with Crippen LogP contribution in [0.3, 0.4) is 0 Å². The minimum atomic E-state index is 0.721. The van der Waals surface area contributed by atoms with Gasteiger partial charge in [0.2, 0.25) is 0 Å². The number of hydrogen-bond acceptors (Lipinski definition) is 3. The first-order valence-corrected chi connectivity index (χ1v) is 7.15. The number of anilines is 1. The van der Waals surface area contributed by atoms with Gasteiger partial charge in [-0.05, 0) is 62.4 Å². The van der Waals surface area contributed by atoms with Gasteiger partial charge in [-0.2, -0.15) is 0 Å². The van der Waals surface area contributed by atoms with E-state index in [4.69, 9.17) is 4.74 Å². The standard InChI is InChI=1S/C15H22N2O/c1-4-13(16-8-1)7-9-17-14-5-6-15-12(11-14)3-2-10-18-15/h5-6,11,13,16-17H,1-4,7-10H2. The lowest BCUT2D eigenvalue weighted by Crippen LogP contribution is -2.24. The van der Waals surface area contributed by atoms with E-state index in [0.717, 1.165) is 37.8 Å². The summed E-state index contributed by atoms with van der Waals surface area (Å²) in [6, 6.07) is 7.20. The van der Waals surface area contributed by atoms with Gasteiger partial charge in [0.05, 0.1) is 6.61 Å². The highest BCUT2D eigenvalue weighted by Crippen LogP contribution is 2.27. The first-order valence-electron chi connectivity index (χ1n) is 7.15. The second-order valence-corrected chi connectivity index (χ2v) is 5.28. The second-order valence-electron chi connectivity index (χ2n) is 5.28. The molecule has 0 bridgehead atoms. The highest BCUT2D eigenvalue weighted by molar-refractivity contribution is 5.51. The molecule has 0 saturated carbocycles. The Bertz CT molecular complexity index is 399. The fourth-order valence-corrected chi connectivity index (χ4v) is 2.86. The lowest BCUT2D eigenvalue weighted by Gasteiger charge is -2.18. The van der Waals surface area contributed by atoms with Gasteiger partial charge < -0.3 is 15.4 Å². The summed E-state index contributed by atoms with van der Waals surface area (Å²) in [7, 11) is 0. The topological polar surface area (TPSA) is 33.3 Å². The van der Waals surface area contributed by atoms with E-state index in [1.54, 1.807) is 0 Å². The zero-order chi connectivity index (χ0) is 12.2. The molecule has 2 aliphatic heterocycles. The summed E-state index contributed by atoms with van der Waals surface area (Å²) in [6.45, 7) is 3.12. The van der Waals surface area contributed by atoms with Crippen LogP contribution in [0, 0.1) is 0 Å². The molecule has 1 aromatic carbocycles. The van der Waals surface area contributed by atoms with Crippen LogP contribution < -0.4 is 15.4 Å². The van der Waals surface area contributed by atoms with Crippen molar-refractivity contribution in [2.24, 2.45) is 0 Å². The Morgan fingerprint density at radius 1 is 1.33 bits per heavy atom. The number of ether oxygens (including phenoxy) is 1. The predicted octanol–water partition coefficient (Wildman–Crippen LogP) is 2.57. The Kier molecular flexibility index (Phi) is 3.69. The molecule has 0 aliphatic carbocycles. The van der Waals surface area contributed by atoms with Crippen LogP contribution in [0.5, 0.6) is 5.75 Å². The summed E-state index contributed by atoms with van der Waals surface area (Å²) in [5, 5.41) is 7.06. The van der Waals surface area contributed by atoms with Crippen LogP contribution in [0.1, 0.15) is 31.2 Å². The molecular weight excluding hydrogens is 224 g/mol. The fraction of sp³-hybridized carbons (Fsp3) is 0.600. The summed E-state index contributed by atoms with van der Waals surface area (Å²) in [5.41, 5.74) is 2.59. The molecule has 2 N–H and O–H groups in total. The van der Waals surface area contributed by atoms with E-state index in [1.807, 2.05) is 0 Å². The SMILES string of the molecule is c1cc2c(cc1NCCC1CCCN1)CCCO2. The van der Waals surface area contributed by atoms with E-state index < -0.39 is 0 Å². The molecule has 3 rings (SSSR count). The van der Waals surface area contributed by atoms with Gasteiger partial charge in [0.25, 0.3) is 0 Å². The number of benzene rings is 1. The smallest absolute Gasteiger partial charge is 0.122 e. The molecular formula is C15H22N2O. The molecule has 98 valence electrons. The van der Waals surface area contributed by atoms with Gasteiger partial charge >= 0.3 is 0 Å². The summed E-state index contributed by atoms with van der Waals surface area (Å²) in [5.74, 6) is 1.07. The van der Waals surface area contributed by atoms with Gasteiger partial charge in [0.15, 0.2) is 0 Å². The third kappa shape index (κ3) is 2.78. The maximum atomic E-state index is 5.63. The van der Waals surface area contributed by atoms with Crippen LogP contribution in [-0.2, 0) is 6.42 Å². The fourth-order valence-electron chi connectivity index (χ4n) is 2.86. The van der Waals surface area contributed by atoms with Crippen LogP contribution in [0.4, 0.5) is 5.69 Å². The molecule has 3 nitrogen and oxygen atoms in total. The van der Waals surface area contributed by atoms with E-state index in [-0.39, 0.29) is 0 Å². The largest absolute Gasteiger partial charge is 0.493 e. The van der Waals surface area contributed by atoms with Crippen molar-refractivity contribution in [1.29, 1.82) is 0 Å². The molecule has 0 aromatic heterocycles. The third-order valence-corrected chi connectivity index (χ3v) is 3.89. The molecule has 1 atom stereocenters. The van der Waals surface area contributed by atoms with Crippen LogP contribution in [0.25, 0.3) is 0 Å². The minimum Gasteiger partial charge on any atom is -0.493 e. The van der Waals surface area contributed by atoms with Crippen molar-refractivity contribution in [2.45, 2.75) is 38.1 Å². The first-order chi connectivity index (χ1) is 8.92. The Morgan fingerprint density at radius 2 is 2.33 bits per heavy atom. The maximum Gasteiger partial charge on any atom is 0.122 e. The van der Waals surface area contributed by atoms with Crippen molar-refractivity contribution in [2.75, 3.05) is 25.0 Å². The first kappa shape index (κ1) is 11.8. The maximum absolute atomic E-state index is 5.63. The number of aryl methyl sites for hydroxylation is 1. The Balaban J connectivity index is 1.52. The zero-order valence-electron chi connectivity index (χ0n) is 10.9. The molecule has 2 aliphatic rings.